The Morgan fingerprint density at radius 3 is 2.48 bits per heavy atom. The third kappa shape index (κ3) is 4.92. The molecule has 0 fully saturated rings. The van der Waals surface area contributed by atoms with Crippen LogP contribution >= 0.6 is 0 Å². The van der Waals surface area contributed by atoms with Gasteiger partial charge in [0.25, 0.3) is 5.91 Å². The lowest BCUT2D eigenvalue weighted by atomic mass is 9.97. The van der Waals surface area contributed by atoms with Gasteiger partial charge in [0.05, 0.1) is 5.56 Å². The second-order valence-corrected chi connectivity index (χ2v) is 6.30. The Morgan fingerprint density at radius 1 is 1.08 bits per heavy atom. The third-order valence-corrected chi connectivity index (χ3v) is 4.27. The van der Waals surface area contributed by atoms with Gasteiger partial charge < -0.3 is 10.1 Å². The molecule has 1 N–H and O–H groups in total. The number of rotatable bonds is 6. The number of carbonyl (C=O) groups is 2. The first kappa shape index (κ1) is 18.7. The smallest absolute Gasteiger partial charge is 0.338 e. The number of para-hydroxylation sites is 1. The monoisotopic (exact) mass is 339 g/mol. The number of aryl methyl sites for hydroxylation is 1. The summed E-state index contributed by atoms with van der Waals surface area (Å²) in [4.78, 5) is 24.6. The number of anilines is 1. The van der Waals surface area contributed by atoms with E-state index in [4.69, 9.17) is 4.74 Å². The summed E-state index contributed by atoms with van der Waals surface area (Å²) < 4.78 is 5.30. The molecule has 0 aliphatic rings. The number of hydrogen-bond donors (Lipinski definition) is 1. The summed E-state index contributed by atoms with van der Waals surface area (Å²) in [6, 6.07) is 14.8. The van der Waals surface area contributed by atoms with Crippen LogP contribution in [0.3, 0.4) is 0 Å². The molecule has 2 rings (SSSR count). The summed E-state index contributed by atoms with van der Waals surface area (Å²) in [6.07, 6.45) is 0.100. The minimum absolute atomic E-state index is 0.335. The average Bonchev–Trinajstić information content (AvgIpc) is 2.61. The zero-order valence-electron chi connectivity index (χ0n) is 15.2. The molecule has 4 heteroatoms. The van der Waals surface area contributed by atoms with Crippen LogP contribution in [0.25, 0.3) is 0 Å². The fourth-order valence-electron chi connectivity index (χ4n) is 2.55. The number of amides is 1. The summed E-state index contributed by atoms with van der Waals surface area (Å²) in [6.45, 7) is 7.70. The maximum Gasteiger partial charge on any atom is 0.338 e. The molecule has 0 aliphatic carbocycles. The maximum absolute atomic E-state index is 12.4. The van der Waals surface area contributed by atoms with E-state index in [9.17, 15) is 9.59 Å². The molecular formula is C21H25NO3. The lowest BCUT2D eigenvalue weighted by Gasteiger charge is -2.18. The highest BCUT2D eigenvalue weighted by atomic mass is 16.5. The minimum atomic E-state index is -0.877. The molecular weight excluding hydrogens is 314 g/mol. The quantitative estimate of drug-likeness (QED) is 0.777. The Kier molecular flexibility index (Phi) is 6.34. The van der Waals surface area contributed by atoms with Gasteiger partial charge in [-0.2, -0.15) is 0 Å². The minimum Gasteiger partial charge on any atom is -0.449 e. The summed E-state index contributed by atoms with van der Waals surface area (Å²) in [5.41, 5.74) is 3.25. The van der Waals surface area contributed by atoms with Gasteiger partial charge in [0.2, 0.25) is 0 Å². The molecule has 0 saturated heterocycles. The van der Waals surface area contributed by atoms with Gasteiger partial charge in [0, 0.05) is 5.69 Å². The van der Waals surface area contributed by atoms with E-state index >= 15 is 0 Å². The first-order valence-electron chi connectivity index (χ1n) is 8.59. The molecule has 2 aromatic rings. The van der Waals surface area contributed by atoms with Crippen molar-refractivity contribution >= 4 is 17.6 Å². The van der Waals surface area contributed by atoms with Crippen LogP contribution in [-0.2, 0) is 9.53 Å². The van der Waals surface area contributed by atoms with Crippen LogP contribution in [0.4, 0.5) is 5.69 Å². The molecule has 0 spiro atoms. The number of benzene rings is 2. The largest absolute Gasteiger partial charge is 0.449 e. The van der Waals surface area contributed by atoms with Crippen molar-refractivity contribution in [3.63, 3.8) is 0 Å². The molecule has 0 bridgehead atoms. The van der Waals surface area contributed by atoms with Crippen molar-refractivity contribution in [3.05, 3.63) is 65.2 Å². The maximum atomic E-state index is 12.4. The topological polar surface area (TPSA) is 55.4 Å². The van der Waals surface area contributed by atoms with Crippen LogP contribution < -0.4 is 5.32 Å². The normalized spacial score (nSPS) is 13.0. The summed E-state index contributed by atoms with van der Waals surface area (Å²) >= 11 is 0. The van der Waals surface area contributed by atoms with Gasteiger partial charge in [0.15, 0.2) is 6.10 Å². The molecule has 0 radical (unpaired) electrons. The zero-order valence-corrected chi connectivity index (χ0v) is 15.2. The molecule has 2 unspecified atom stereocenters. The first-order chi connectivity index (χ1) is 11.9. The average molecular weight is 339 g/mol. The number of nitrogens with one attached hydrogen (secondary N) is 1. The van der Waals surface area contributed by atoms with Gasteiger partial charge in [-0.05, 0) is 49.9 Å². The van der Waals surface area contributed by atoms with Gasteiger partial charge in [-0.3, -0.25) is 4.79 Å². The molecule has 2 atom stereocenters. The van der Waals surface area contributed by atoms with E-state index in [0.29, 0.717) is 11.5 Å². The summed E-state index contributed by atoms with van der Waals surface area (Å²) in [7, 11) is 0. The molecule has 25 heavy (non-hydrogen) atoms. The second kappa shape index (κ2) is 8.47. The Morgan fingerprint density at radius 2 is 1.80 bits per heavy atom. The lowest BCUT2D eigenvalue weighted by Crippen LogP contribution is -2.30. The van der Waals surface area contributed by atoms with Crippen LogP contribution in [0.2, 0.25) is 0 Å². The fraction of sp³-hybridized carbons (Fsp3) is 0.333. The Labute approximate surface area is 149 Å². The predicted octanol–water partition coefficient (Wildman–Crippen LogP) is 4.69. The van der Waals surface area contributed by atoms with Crippen LogP contribution in [0, 0.1) is 6.92 Å². The molecule has 132 valence electrons. The molecule has 0 aromatic heterocycles. The molecule has 0 saturated carbocycles. The van der Waals surface area contributed by atoms with Gasteiger partial charge in [-0.1, -0.05) is 49.7 Å². The van der Waals surface area contributed by atoms with Crippen molar-refractivity contribution < 1.29 is 14.3 Å². The van der Waals surface area contributed by atoms with Crippen molar-refractivity contribution in [1.82, 2.24) is 0 Å². The first-order valence-corrected chi connectivity index (χ1v) is 8.59. The van der Waals surface area contributed by atoms with Crippen LogP contribution in [-0.4, -0.2) is 18.0 Å². The van der Waals surface area contributed by atoms with Crippen LogP contribution in [0.5, 0.6) is 0 Å². The molecule has 4 nitrogen and oxygen atoms in total. The predicted molar refractivity (Wildman–Crippen MR) is 99.8 cm³/mol. The molecule has 2 aromatic carbocycles. The Bertz CT molecular complexity index is 754. The van der Waals surface area contributed by atoms with Crippen molar-refractivity contribution in [2.45, 2.75) is 46.1 Å². The van der Waals surface area contributed by atoms with E-state index in [1.807, 2.05) is 37.3 Å². The molecule has 0 aliphatic heterocycles. The number of esters is 1. The SMILES string of the molecule is CCC(C)c1ccccc1NC(=O)C(C)OC(=O)c1cccc(C)c1. The molecule has 0 heterocycles. The van der Waals surface area contributed by atoms with Crippen molar-refractivity contribution in [2.75, 3.05) is 5.32 Å². The van der Waals surface area contributed by atoms with E-state index < -0.39 is 12.1 Å². The van der Waals surface area contributed by atoms with Crippen LogP contribution in [0.1, 0.15) is 54.6 Å². The zero-order chi connectivity index (χ0) is 18.4. The van der Waals surface area contributed by atoms with Gasteiger partial charge in [-0.15, -0.1) is 0 Å². The fourth-order valence-corrected chi connectivity index (χ4v) is 2.55. The van der Waals surface area contributed by atoms with Gasteiger partial charge in [0.1, 0.15) is 0 Å². The van der Waals surface area contributed by atoms with E-state index in [0.717, 1.165) is 23.2 Å². The summed E-state index contributed by atoms with van der Waals surface area (Å²) in [5.74, 6) is -0.500. The van der Waals surface area contributed by atoms with E-state index in [1.165, 1.54) is 0 Å². The summed E-state index contributed by atoms with van der Waals surface area (Å²) in [5, 5.41) is 2.88. The number of carbonyl (C=O) groups excluding carboxylic acids is 2. The lowest BCUT2D eigenvalue weighted by molar-refractivity contribution is -0.123. The number of hydrogen-bond acceptors (Lipinski definition) is 3. The van der Waals surface area contributed by atoms with Crippen LogP contribution in [0.15, 0.2) is 48.5 Å². The van der Waals surface area contributed by atoms with E-state index in [-0.39, 0.29) is 5.91 Å². The Hall–Kier alpha value is -2.62. The van der Waals surface area contributed by atoms with E-state index in [2.05, 4.69) is 19.2 Å². The van der Waals surface area contributed by atoms with Gasteiger partial charge in [-0.25, -0.2) is 4.79 Å². The third-order valence-electron chi connectivity index (χ3n) is 4.27. The highest BCUT2D eigenvalue weighted by Gasteiger charge is 2.20. The van der Waals surface area contributed by atoms with Crippen molar-refractivity contribution in [1.29, 1.82) is 0 Å². The van der Waals surface area contributed by atoms with Crippen molar-refractivity contribution in [2.24, 2.45) is 0 Å². The number of ether oxygens (including phenoxy) is 1. The highest BCUT2D eigenvalue weighted by molar-refractivity contribution is 5.97. The molecule has 1 amide bonds. The van der Waals surface area contributed by atoms with Crippen molar-refractivity contribution in [3.8, 4) is 0 Å². The standard InChI is InChI=1S/C21H25NO3/c1-5-15(3)18-11-6-7-12-19(18)22-20(23)16(4)25-21(24)17-10-8-9-14(2)13-17/h6-13,15-16H,5H2,1-4H3,(H,22,23). The highest BCUT2D eigenvalue weighted by Crippen LogP contribution is 2.26. The van der Waals surface area contributed by atoms with E-state index in [1.54, 1.807) is 25.1 Å². The van der Waals surface area contributed by atoms with Gasteiger partial charge >= 0.3 is 5.97 Å². The second-order valence-electron chi connectivity index (χ2n) is 6.30. The Balaban J connectivity index is 2.05.